The number of carbonyl (C=O) groups is 1. The predicted molar refractivity (Wildman–Crippen MR) is 80.5 cm³/mol. The summed E-state index contributed by atoms with van der Waals surface area (Å²) in [6.07, 6.45) is 1.46. The largest absolute Gasteiger partial charge is 0.279 e. The monoisotopic (exact) mass is 362 g/mol. The number of nitrogens with zero attached hydrogens (tertiary/aromatic N) is 2. The molecule has 1 rings (SSSR count). The highest BCUT2D eigenvalue weighted by Crippen LogP contribution is 2.09. The maximum atomic E-state index is 11.4. The lowest BCUT2D eigenvalue weighted by atomic mass is 10.2. The third kappa shape index (κ3) is 5.78. The van der Waals surface area contributed by atoms with E-state index < -0.39 is 16.1 Å². The number of carbonyl (C=O) groups excluding carboxylic acids is 1. The smallest absolute Gasteiger partial charge is 0.272 e. The Labute approximate surface area is 126 Å². The molecule has 1 amide bonds. The summed E-state index contributed by atoms with van der Waals surface area (Å²) in [6, 6.07) is 7.34. The van der Waals surface area contributed by atoms with Gasteiger partial charge in [0.05, 0.1) is 12.8 Å². The van der Waals surface area contributed by atoms with Crippen molar-refractivity contribution < 1.29 is 13.2 Å². The van der Waals surface area contributed by atoms with Crippen molar-refractivity contribution in [2.45, 2.75) is 0 Å². The second kappa shape index (κ2) is 7.48. The molecule has 0 radical (unpaired) electrons. The summed E-state index contributed by atoms with van der Waals surface area (Å²) in [4.78, 5) is 11.4. The molecule has 2 N–H and O–H groups in total. The molecule has 0 heterocycles. The highest BCUT2D eigenvalue weighted by Gasteiger charge is 2.13. The minimum Gasteiger partial charge on any atom is -0.272 e. The Morgan fingerprint density at radius 1 is 1.45 bits per heavy atom. The van der Waals surface area contributed by atoms with Crippen LogP contribution in [0.25, 0.3) is 0 Å². The van der Waals surface area contributed by atoms with Crippen LogP contribution in [0.15, 0.2) is 33.8 Å². The molecule has 0 unspecified atom stereocenters. The zero-order valence-electron chi connectivity index (χ0n) is 11.0. The lowest BCUT2D eigenvalue weighted by Crippen LogP contribution is -2.41. The van der Waals surface area contributed by atoms with Crippen LogP contribution in [0.1, 0.15) is 5.56 Å². The molecule has 0 bridgehead atoms. The number of halogens is 1. The molecule has 0 fully saturated rings. The van der Waals surface area contributed by atoms with Crippen LogP contribution in [0, 0.1) is 0 Å². The number of rotatable bonds is 6. The van der Waals surface area contributed by atoms with E-state index in [1.165, 1.54) is 20.3 Å². The van der Waals surface area contributed by atoms with E-state index in [1.54, 1.807) is 0 Å². The fourth-order valence-corrected chi connectivity index (χ4v) is 2.08. The summed E-state index contributed by atoms with van der Waals surface area (Å²) in [5, 5.41) is 3.73. The van der Waals surface area contributed by atoms with Gasteiger partial charge in [-0.3, -0.25) is 4.79 Å². The molecule has 0 atom stereocenters. The van der Waals surface area contributed by atoms with Crippen LogP contribution < -0.4 is 10.1 Å². The van der Waals surface area contributed by atoms with Crippen molar-refractivity contribution in [1.82, 2.24) is 14.5 Å². The molecule has 110 valence electrons. The molecule has 7 nitrogen and oxygen atoms in total. The van der Waals surface area contributed by atoms with Crippen molar-refractivity contribution in [3.05, 3.63) is 34.3 Å². The van der Waals surface area contributed by atoms with Gasteiger partial charge in [0, 0.05) is 18.6 Å². The van der Waals surface area contributed by atoms with E-state index >= 15 is 0 Å². The van der Waals surface area contributed by atoms with Gasteiger partial charge in [-0.2, -0.15) is 22.5 Å². The molecular formula is C11H15BrN4O3S. The topological polar surface area (TPSA) is 90.9 Å². The third-order valence-corrected chi connectivity index (χ3v) is 4.11. The Kier molecular flexibility index (Phi) is 6.27. The maximum absolute atomic E-state index is 11.4. The van der Waals surface area contributed by atoms with Gasteiger partial charge >= 0.3 is 0 Å². The Balaban J connectivity index is 2.44. The molecule has 0 spiro atoms. The van der Waals surface area contributed by atoms with Crippen LogP contribution in [0.5, 0.6) is 0 Å². The van der Waals surface area contributed by atoms with Crippen molar-refractivity contribution in [2.24, 2.45) is 5.10 Å². The summed E-state index contributed by atoms with van der Waals surface area (Å²) in [6.45, 7) is -0.379. The van der Waals surface area contributed by atoms with Crippen LogP contribution in [0.4, 0.5) is 0 Å². The summed E-state index contributed by atoms with van der Waals surface area (Å²) >= 11 is 3.31. The van der Waals surface area contributed by atoms with Crippen LogP contribution in [-0.2, 0) is 15.0 Å². The average Bonchev–Trinajstić information content (AvgIpc) is 2.36. The average molecular weight is 363 g/mol. The predicted octanol–water partition coefficient (Wildman–Crippen LogP) is 0.295. The van der Waals surface area contributed by atoms with Crippen molar-refractivity contribution in [3.8, 4) is 0 Å². The van der Waals surface area contributed by atoms with E-state index in [2.05, 4.69) is 31.2 Å². The highest BCUT2D eigenvalue weighted by atomic mass is 79.9. The Morgan fingerprint density at radius 2 is 2.15 bits per heavy atom. The highest BCUT2D eigenvalue weighted by molar-refractivity contribution is 9.10. The molecule has 9 heteroatoms. The normalized spacial score (nSPS) is 12.0. The van der Waals surface area contributed by atoms with Gasteiger partial charge in [0.2, 0.25) is 0 Å². The molecule has 0 saturated heterocycles. The molecule has 0 saturated carbocycles. The second-order valence-electron chi connectivity index (χ2n) is 3.96. The van der Waals surface area contributed by atoms with E-state index in [1.807, 2.05) is 24.3 Å². The first kappa shape index (κ1) is 16.8. The molecule has 0 aromatic heterocycles. The van der Waals surface area contributed by atoms with Crippen LogP contribution >= 0.6 is 15.9 Å². The van der Waals surface area contributed by atoms with Gasteiger partial charge in [-0.05, 0) is 17.7 Å². The summed E-state index contributed by atoms with van der Waals surface area (Å²) in [5.41, 5.74) is 3.03. The maximum Gasteiger partial charge on any atom is 0.279 e. The summed E-state index contributed by atoms with van der Waals surface area (Å²) < 4.78 is 26.7. The summed E-state index contributed by atoms with van der Waals surface area (Å²) in [5.74, 6) is -0.554. The van der Waals surface area contributed by atoms with Crippen molar-refractivity contribution in [2.75, 3.05) is 20.6 Å². The minimum absolute atomic E-state index is 0.379. The van der Waals surface area contributed by atoms with Gasteiger partial charge in [0.25, 0.3) is 16.1 Å². The number of hydrogen-bond donors (Lipinski definition) is 2. The molecule has 1 aromatic rings. The first-order chi connectivity index (χ1) is 9.31. The van der Waals surface area contributed by atoms with Gasteiger partial charge < -0.3 is 0 Å². The first-order valence-electron chi connectivity index (χ1n) is 5.56. The van der Waals surface area contributed by atoms with E-state index in [-0.39, 0.29) is 6.54 Å². The fourth-order valence-electron chi connectivity index (χ4n) is 1.09. The number of nitrogens with one attached hydrogen (secondary N) is 2. The molecule has 1 aromatic carbocycles. The zero-order chi connectivity index (χ0) is 15.2. The van der Waals surface area contributed by atoms with Crippen molar-refractivity contribution in [1.29, 1.82) is 0 Å². The quantitative estimate of drug-likeness (QED) is 0.563. The first-order valence-corrected chi connectivity index (χ1v) is 7.79. The van der Waals surface area contributed by atoms with E-state index in [4.69, 9.17) is 0 Å². The second-order valence-corrected chi connectivity index (χ2v) is 6.84. The molecule has 20 heavy (non-hydrogen) atoms. The number of benzene rings is 1. The molecule has 0 aliphatic carbocycles. The third-order valence-electron chi connectivity index (χ3n) is 2.15. The Hall–Kier alpha value is -1.29. The van der Waals surface area contributed by atoms with Crippen LogP contribution in [0.2, 0.25) is 0 Å². The Morgan fingerprint density at radius 3 is 2.75 bits per heavy atom. The van der Waals surface area contributed by atoms with Crippen LogP contribution in [0.3, 0.4) is 0 Å². The molecule has 0 aliphatic rings. The number of amides is 1. The number of hydrazone groups is 1. The SMILES string of the molecule is CN(C)S(=O)(=O)NCC(=O)N/N=C\c1cccc(Br)c1. The Bertz CT molecular complexity index is 601. The van der Waals surface area contributed by atoms with Gasteiger partial charge in [-0.25, -0.2) is 5.43 Å². The summed E-state index contributed by atoms with van der Waals surface area (Å²) in [7, 11) is -0.878. The van der Waals surface area contributed by atoms with Crippen LogP contribution in [-0.4, -0.2) is 45.5 Å². The van der Waals surface area contributed by atoms with Gasteiger partial charge in [-0.1, -0.05) is 28.1 Å². The minimum atomic E-state index is -3.61. The van der Waals surface area contributed by atoms with E-state index in [0.29, 0.717) is 0 Å². The lowest BCUT2D eigenvalue weighted by Gasteiger charge is -2.11. The van der Waals surface area contributed by atoms with Crippen molar-refractivity contribution in [3.63, 3.8) is 0 Å². The molecular weight excluding hydrogens is 348 g/mol. The number of hydrogen-bond acceptors (Lipinski definition) is 4. The molecule has 0 aliphatic heterocycles. The van der Waals surface area contributed by atoms with Gasteiger partial charge in [0.1, 0.15) is 0 Å². The fraction of sp³-hybridized carbons (Fsp3) is 0.273. The van der Waals surface area contributed by atoms with Gasteiger partial charge in [-0.15, -0.1) is 0 Å². The standard InChI is InChI=1S/C11H15BrN4O3S/c1-16(2)20(18,19)14-8-11(17)15-13-7-9-4-3-5-10(12)6-9/h3-7,14H,8H2,1-2H3,(H,15,17)/b13-7-. The van der Waals surface area contributed by atoms with E-state index in [0.717, 1.165) is 14.3 Å². The lowest BCUT2D eigenvalue weighted by molar-refractivity contribution is -0.119. The van der Waals surface area contributed by atoms with Crippen molar-refractivity contribution >= 4 is 38.3 Å². The zero-order valence-corrected chi connectivity index (χ0v) is 13.4. The van der Waals surface area contributed by atoms with E-state index in [9.17, 15) is 13.2 Å². The van der Waals surface area contributed by atoms with Gasteiger partial charge in [0.15, 0.2) is 0 Å².